The third kappa shape index (κ3) is 1.35. The molecule has 3 nitrogen and oxygen atoms in total. The second-order valence-corrected chi connectivity index (χ2v) is 3.87. The van der Waals surface area contributed by atoms with Crippen molar-refractivity contribution in [2.75, 3.05) is 13.2 Å². The van der Waals surface area contributed by atoms with Gasteiger partial charge in [0.2, 0.25) is 0 Å². The van der Waals surface area contributed by atoms with Gasteiger partial charge in [0.1, 0.15) is 5.75 Å². The molecule has 1 aliphatic heterocycles. The smallest absolute Gasteiger partial charge is 0.192 e. The second kappa shape index (κ2) is 3.08. The first-order valence-electron chi connectivity index (χ1n) is 5.07. The topological polar surface area (TPSA) is 38.7 Å². The maximum atomic E-state index is 9.65. The Morgan fingerprint density at radius 3 is 2.80 bits per heavy atom. The average Bonchev–Trinajstić information content (AvgIpc) is 2.66. The fourth-order valence-corrected chi connectivity index (χ4v) is 2.15. The van der Waals surface area contributed by atoms with E-state index in [4.69, 9.17) is 9.47 Å². The summed E-state index contributed by atoms with van der Waals surface area (Å²) in [6.45, 7) is 1.27. The number of hydrogen-bond donors (Lipinski definition) is 1. The number of ether oxygens (including phenoxy) is 2. The molecule has 0 bridgehead atoms. The van der Waals surface area contributed by atoms with Gasteiger partial charge in [0.05, 0.1) is 13.2 Å². The summed E-state index contributed by atoms with van der Waals surface area (Å²) in [5, 5.41) is 9.65. The maximum Gasteiger partial charge on any atom is 0.192 e. The molecule has 0 unspecified atom stereocenters. The van der Waals surface area contributed by atoms with Crippen LogP contribution in [0, 0.1) is 0 Å². The summed E-state index contributed by atoms with van der Waals surface area (Å²) in [6, 6.07) is 5.53. The van der Waals surface area contributed by atoms with Crippen molar-refractivity contribution >= 4 is 6.08 Å². The molecule has 1 N–H and O–H groups in total. The summed E-state index contributed by atoms with van der Waals surface area (Å²) >= 11 is 0. The number of phenolic OH excluding ortho intramolecular Hbond substituents is 1. The van der Waals surface area contributed by atoms with E-state index < -0.39 is 5.79 Å². The van der Waals surface area contributed by atoms with E-state index in [1.54, 1.807) is 6.07 Å². The van der Waals surface area contributed by atoms with Gasteiger partial charge in [-0.05, 0) is 23.8 Å². The van der Waals surface area contributed by atoms with Gasteiger partial charge in [-0.1, -0.05) is 12.1 Å². The van der Waals surface area contributed by atoms with Crippen LogP contribution in [0.1, 0.15) is 11.1 Å². The van der Waals surface area contributed by atoms with Gasteiger partial charge in [-0.2, -0.15) is 0 Å². The van der Waals surface area contributed by atoms with E-state index >= 15 is 0 Å². The molecule has 1 fully saturated rings. The molecular formula is C12H12O3. The quantitative estimate of drug-likeness (QED) is 0.699. The van der Waals surface area contributed by atoms with Crippen LogP contribution in [-0.2, 0) is 15.9 Å². The Kier molecular flexibility index (Phi) is 1.84. The monoisotopic (exact) mass is 204 g/mol. The van der Waals surface area contributed by atoms with Crippen LogP contribution in [0.3, 0.4) is 0 Å². The van der Waals surface area contributed by atoms with E-state index in [2.05, 4.69) is 0 Å². The van der Waals surface area contributed by atoms with Crippen LogP contribution in [0.25, 0.3) is 6.08 Å². The third-order valence-corrected chi connectivity index (χ3v) is 2.89. The second-order valence-electron chi connectivity index (χ2n) is 3.87. The molecular weight excluding hydrogens is 192 g/mol. The summed E-state index contributed by atoms with van der Waals surface area (Å²) in [4.78, 5) is 0. The first-order valence-corrected chi connectivity index (χ1v) is 5.07. The predicted molar refractivity (Wildman–Crippen MR) is 55.5 cm³/mol. The fraction of sp³-hybridized carbons (Fsp3) is 0.333. The molecule has 78 valence electrons. The van der Waals surface area contributed by atoms with E-state index in [9.17, 15) is 5.11 Å². The Labute approximate surface area is 87.9 Å². The Hall–Kier alpha value is -1.32. The Morgan fingerprint density at radius 2 is 2.00 bits per heavy atom. The Balaban J connectivity index is 2.03. The lowest BCUT2D eigenvalue weighted by molar-refractivity contribution is -0.115. The molecule has 1 heterocycles. The maximum absolute atomic E-state index is 9.65. The predicted octanol–water partition coefficient (Wildman–Crippen LogP) is 1.70. The van der Waals surface area contributed by atoms with Crippen molar-refractivity contribution in [3.63, 3.8) is 0 Å². The molecule has 0 aromatic heterocycles. The summed E-state index contributed by atoms with van der Waals surface area (Å²) < 4.78 is 11.2. The number of rotatable bonds is 0. The molecule has 15 heavy (non-hydrogen) atoms. The van der Waals surface area contributed by atoms with Crippen molar-refractivity contribution in [1.82, 2.24) is 0 Å². The van der Waals surface area contributed by atoms with E-state index in [-0.39, 0.29) is 0 Å². The van der Waals surface area contributed by atoms with E-state index in [1.807, 2.05) is 24.3 Å². The van der Waals surface area contributed by atoms with Gasteiger partial charge in [0.15, 0.2) is 5.79 Å². The normalized spacial score (nSPS) is 21.9. The van der Waals surface area contributed by atoms with Crippen LogP contribution in [0.4, 0.5) is 0 Å². The van der Waals surface area contributed by atoms with E-state index in [0.717, 1.165) is 11.1 Å². The van der Waals surface area contributed by atoms with Crippen molar-refractivity contribution in [2.45, 2.75) is 12.2 Å². The molecule has 0 saturated carbocycles. The number of hydrogen-bond acceptors (Lipinski definition) is 3. The molecule has 1 spiro atoms. The fourth-order valence-electron chi connectivity index (χ4n) is 2.15. The highest BCUT2D eigenvalue weighted by molar-refractivity contribution is 5.64. The first kappa shape index (κ1) is 8.95. The molecule has 0 amide bonds. The van der Waals surface area contributed by atoms with Crippen LogP contribution in [0.2, 0.25) is 0 Å². The van der Waals surface area contributed by atoms with Crippen molar-refractivity contribution in [1.29, 1.82) is 0 Å². The van der Waals surface area contributed by atoms with Crippen molar-refractivity contribution in [2.24, 2.45) is 0 Å². The highest BCUT2D eigenvalue weighted by atomic mass is 16.7. The SMILES string of the molecule is Oc1cccc2c1C=CC1(C2)OCCO1. The molecule has 0 atom stereocenters. The zero-order chi connectivity index (χ0) is 10.3. The lowest BCUT2D eigenvalue weighted by Crippen LogP contribution is -2.32. The molecule has 2 aliphatic rings. The molecule has 3 rings (SSSR count). The summed E-state index contributed by atoms with van der Waals surface area (Å²) in [6.07, 6.45) is 4.44. The van der Waals surface area contributed by atoms with Gasteiger partial charge in [0, 0.05) is 12.0 Å². The van der Waals surface area contributed by atoms with Crippen LogP contribution in [0.15, 0.2) is 24.3 Å². The molecule has 0 radical (unpaired) electrons. The van der Waals surface area contributed by atoms with Crippen molar-refractivity contribution < 1.29 is 14.6 Å². The van der Waals surface area contributed by atoms with Gasteiger partial charge in [0.25, 0.3) is 0 Å². The minimum atomic E-state index is -0.583. The van der Waals surface area contributed by atoms with Gasteiger partial charge in [-0.3, -0.25) is 0 Å². The van der Waals surface area contributed by atoms with Gasteiger partial charge >= 0.3 is 0 Å². The van der Waals surface area contributed by atoms with Gasteiger partial charge in [-0.15, -0.1) is 0 Å². The minimum absolute atomic E-state index is 0.316. The van der Waals surface area contributed by atoms with Gasteiger partial charge in [-0.25, -0.2) is 0 Å². The molecule has 1 saturated heterocycles. The average molecular weight is 204 g/mol. The minimum Gasteiger partial charge on any atom is -0.507 e. The molecule has 3 heteroatoms. The molecule has 1 aromatic rings. The zero-order valence-electron chi connectivity index (χ0n) is 8.27. The third-order valence-electron chi connectivity index (χ3n) is 2.89. The zero-order valence-corrected chi connectivity index (χ0v) is 8.27. The Morgan fingerprint density at radius 1 is 1.20 bits per heavy atom. The van der Waals surface area contributed by atoms with Crippen LogP contribution in [-0.4, -0.2) is 24.1 Å². The van der Waals surface area contributed by atoms with Crippen LogP contribution >= 0.6 is 0 Å². The summed E-state index contributed by atoms with van der Waals surface area (Å²) in [5.74, 6) is -0.266. The number of phenols is 1. The summed E-state index contributed by atoms with van der Waals surface area (Å²) in [5.41, 5.74) is 1.95. The number of benzene rings is 1. The van der Waals surface area contributed by atoms with E-state index in [1.165, 1.54) is 0 Å². The molecule has 1 aromatic carbocycles. The number of fused-ring (bicyclic) bond motifs is 1. The largest absolute Gasteiger partial charge is 0.507 e. The highest BCUT2D eigenvalue weighted by Gasteiger charge is 2.36. The number of aromatic hydroxyl groups is 1. The highest BCUT2D eigenvalue weighted by Crippen LogP contribution is 2.35. The van der Waals surface area contributed by atoms with E-state index in [0.29, 0.717) is 25.4 Å². The summed E-state index contributed by atoms with van der Waals surface area (Å²) in [7, 11) is 0. The van der Waals surface area contributed by atoms with Crippen LogP contribution < -0.4 is 0 Å². The van der Waals surface area contributed by atoms with Gasteiger partial charge < -0.3 is 14.6 Å². The lowest BCUT2D eigenvalue weighted by atomic mass is 9.93. The Bertz CT molecular complexity index is 417. The van der Waals surface area contributed by atoms with Crippen molar-refractivity contribution in [3.8, 4) is 5.75 Å². The lowest BCUT2D eigenvalue weighted by Gasteiger charge is -2.28. The van der Waals surface area contributed by atoms with Crippen molar-refractivity contribution in [3.05, 3.63) is 35.4 Å². The molecule has 1 aliphatic carbocycles. The standard InChI is InChI=1S/C12H12O3/c13-11-3-1-2-9-8-12(5-4-10(9)11)14-6-7-15-12/h1-5,13H,6-8H2. The van der Waals surface area contributed by atoms with Crippen LogP contribution in [0.5, 0.6) is 5.75 Å². The first-order chi connectivity index (χ1) is 7.29.